The number of carbonyl (C=O) groups excluding carboxylic acids is 1. The largest absolute Gasteiger partial charge is 0.494 e. The highest BCUT2D eigenvalue weighted by molar-refractivity contribution is 6.02. The molecule has 0 unspecified atom stereocenters. The third-order valence-corrected chi connectivity index (χ3v) is 4.39. The van der Waals surface area contributed by atoms with Gasteiger partial charge >= 0.3 is 0 Å². The fraction of sp³-hybridized carbons (Fsp3) is 0.278. The van der Waals surface area contributed by atoms with Gasteiger partial charge in [-0.1, -0.05) is 18.2 Å². The van der Waals surface area contributed by atoms with Gasteiger partial charge in [0.25, 0.3) is 5.91 Å². The number of nitrogens with one attached hydrogen (secondary N) is 1. The number of para-hydroxylation sites is 1. The van der Waals surface area contributed by atoms with Gasteiger partial charge in [-0.3, -0.25) is 4.79 Å². The maximum Gasteiger partial charge on any atom is 0.258 e. The summed E-state index contributed by atoms with van der Waals surface area (Å²) in [5, 5.41) is 3.38. The molecule has 1 N–H and O–H groups in total. The Bertz CT molecular complexity index is 773. The van der Waals surface area contributed by atoms with E-state index in [1.807, 2.05) is 29.2 Å². The van der Waals surface area contributed by atoms with E-state index in [9.17, 15) is 9.18 Å². The van der Waals surface area contributed by atoms with Gasteiger partial charge < -0.3 is 15.0 Å². The zero-order valence-electron chi connectivity index (χ0n) is 12.8. The molecular weight excluding hydrogens is 295 g/mol. The number of anilines is 1. The van der Waals surface area contributed by atoms with Crippen molar-refractivity contribution in [3.8, 4) is 5.75 Å². The number of benzene rings is 2. The van der Waals surface area contributed by atoms with Gasteiger partial charge in [0.2, 0.25) is 0 Å². The minimum atomic E-state index is -0.422. The number of nitrogens with zero attached hydrogens (tertiary/aromatic N) is 1. The van der Waals surface area contributed by atoms with Gasteiger partial charge in [0.05, 0.1) is 12.7 Å². The smallest absolute Gasteiger partial charge is 0.258 e. The third-order valence-electron chi connectivity index (χ3n) is 4.39. The van der Waals surface area contributed by atoms with Crippen LogP contribution in [0.2, 0.25) is 0 Å². The molecule has 1 aliphatic heterocycles. The van der Waals surface area contributed by atoms with Crippen LogP contribution in [0.5, 0.6) is 5.75 Å². The van der Waals surface area contributed by atoms with Gasteiger partial charge in [-0.15, -0.1) is 0 Å². The van der Waals surface area contributed by atoms with Crippen molar-refractivity contribution in [1.29, 1.82) is 0 Å². The standard InChI is InChI=1S/C18H17FN2O2/c1-23-16-9-6-11(10-14(16)19)17-20-15-5-3-2-4-13(15)18(22)21(17)12-7-8-12/h2-6,9-10,12,17,20H,7-8H2,1H3/t17-/m0/s1. The molecule has 1 heterocycles. The fourth-order valence-electron chi connectivity index (χ4n) is 3.09. The molecule has 2 aromatic carbocycles. The first-order valence-corrected chi connectivity index (χ1v) is 7.70. The molecule has 2 aromatic rings. The Labute approximate surface area is 133 Å². The molecule has 1 amide bonds. The molecule has 0 saturated heterocycles. The molecule has 4 nitrogen and oxygen atoms in total. The Morgan fingerprint density at radius 1 is 1.22 bits per heavy atom. The van der Waals surface area contributed by atoms with Crippen molar-refractivity contribution >= 4 is 11.6 Å². The van der Waals surface area contributed by atoms with E-state index in [4.69, 9.17) is 4.74 Å². The summed E-state index contributed by atoms with van der Waals surface area (Å²) >= 11 is 0. The van der Waals surface area contributed by atoms with E-state index >= 15 is 0 Å². The van der Waals surface area contributed by atoms with E-state index in [1.54, 1.807) is 12.1 Å². The molecular formula is C18H17FN2O2. The van der Waals surface area contributed by atoms with E-state index < -0.39 is 5.82 Å². The van der Waals surface area contributed by atoms with Crippen LogP contribution in [0, 0.1) is 5.82 Å². The van der Waals surface area contributed by atoms with Crippen LogP contribution in [0.1, 0.15) is 34.9 Å². The number of rotatable bonds is 3. The van der Waals surface area contributed by atoms with Crippen LogP contribution in [0.4, 0.5) is 10.1 Å². The van der Waals surface area contributed by atoms with E-state index in [0.717, 1.165) is 24.1 Å². The molecule has 4 rings (SSSR count). The first-order chi connectivity index (χ1) is 11.2. The molecule has 0 radical (unpaired) electrons. The average molecular weight is 312 g/mol. The summed E-state index contributed by atoms with van der Waals surface area (Å²) in [5.41, 5.74) is 2.18. The number of halogens is 1. The normalized spacial score (nSPS) is 20.0. The monoisotopic (exact) mass is 312 g/mol. The summed E-state index contributed by atoms with van der Waals surface area (Å²) in [6.45, 7) is 0. The number of methoxy groups -OCH3 is 1. The lowest BCUT2D eigenvalue weighted by Crippen LogP contribution is -2.44. The maximum atomic E-state index is 14.1. The Morgan fingerprint density at radius 2 is 2.00 bits per heavy atom. The minimum Gasteiger partial charge on any atom is -0.494 e. The maximum absolute atomic E-state index is 14.1. The summed E-state index contributed by atoms with van der Waals surface area (Å²) in [6.07, 6.45) is 1.63. The van der Waals surface area contributed by atoms with Crippen molar-refractivity contribution in [2.45, 2.75) is 25.0 Å². The van der Waals surface area contributed by atoms with Crippen molar-refractivity contribution < 1.29 is 13.9 Å². The predicted octanol–water partition coefficient (Wildman–Crippen LogP) is 3.56. The Hall–Kier alpha value is -2.56. The van der Waals surface area contributed by atoms with Crippen LogP contribution in [-0.4, -0.2) is 24.0 Å². The number of hydrogen-bond donors (Lipinski definition) is 1. The summed E-state index contributed by atoms with van der Waals surface area (Å²) in [6, 6.07) is 12.5. The molecule has 1 saturated carbocycles. The van der Waals surface area contributed by atoms with E-state index in [2.05, 4.69) is 5.32 Å². The van der Waals surface area contributed by atoms with Gasteiger partial charge in [-0.05, 0) is 42.7 Å². The summed E-state index contributed by atoms with van der Waals surface area (Å²) in [7, 11) is 1.44. The zero-order chi connectivity index (χ0) is 16.0. The Kier molecular flexibility index (Phi) is 3.22. The number of ether oxygens (including phenoxy) is 1. The molecule has 1 aliphatic carbocycles. The topological polar surface area (TPSA) is 41.6 Å². The second-order valence-corrected chi connectivity index (χ2v) is 5.93. The van der Waals surface area contributed by atoms with Crippen molar-refractivity contribution in [3.63, 3.8) is 0 Å². The first-order valence-electron chi connectivity index (χ1n) is 7.70. The van der Waals surface area contributed by atoms with E-state index in [-0.39, 0.29) is 23.9 Å². The van der Waals surface area contributed by atoms with Gasteiger partial charge in [0.1, 0.15) is 6.17 Å². The van der Waals surface area contributed by atoms with E-state index in [0.29, 0.717) is 5.56 Å². The van der Waals surface area contributed by atoms with Crippen LogP contribution >= 0.6 is 0 Å². The highest BCUT2D eigenvalue weighted by Crippen LogP contribution is 2.41. The lowest BCUT2D eigenvalue weighted by molar-refractivity contribution is 0.0666. The highest BCUT2D eigenvalue weighted by Gasteiger charge is 2.42. The van der Waals surface area contributed by atoms with Crippen LogP contribution in [0.3, 0.4) is 0 Å². The molecule has 0 bridgehead atoms. The second-order valence-electron chi connectivity index (χ2n) is 5.93. The van der Waals surface area contributed by atoms with E-state index in [1.165, 1.54) is 13.2 Å². The molecule has 0 aromatic heterocycles. The average Bonchev–Trinajstić information content (AvgIpc) is 3.39. The third kappa shape index (κ3) is 2.32. The lowest BCUT2D eigenvalue weighted by Gasteiger charge is -2.38. The van der Waals surface area contributed by atoms with Gasteiger partial charge in [0.15, 0.2) is 11.6 Å². The SMILES string of the molecule is COc1ccc([C@H]2Nc3ccccc3C(=O)N2C2CC2)cc1F. The highest BCUT2D eigenvalue weighted by atomic mass is 19.1. The van der Waals surface area contributed by atoms with Crippen molar-refractivity contribution in [3.05, 3.63) is 59.4 Å². The van der Waals surface area contributed by atoms with Gasteiger partial charge in [-0.25, -0.2) is 4.39 Å². The molecule has 118 valence electrons. The number of fused-ring (bicyclic) bond motifs is 1. The molecule has 1 fully saturated rings. The molecule has 5 heteroatoms. The molecule has 2 aliphatic rings. The van der Waals surface area contributed by atoms with Gasteiger partial charge in [0, 0.05) is 11.7 Å². The fourth-order valence-corrected chi connectivity index (χ4v) is 3.09. The summed E-state index contributed by atoms with van der Waals surface area (Å²) in [4.78, 5) is 14.7. The Morgan fingerprint density at radius 3 is 2.70 bits per heavy atom. The molecule has 23 heavy (non-hydrogen) atoms. The Balaban J connectivity index is 1.77. The predicted molar refractivity (Wildman–Crippen MR) is 84.9 cm³/mol. The molecule has 0 spiro atoms. The van der Waals surface area contributed by atoms with Crippen LogP contribution in [0.15, 0.2) is 42.5 Å². The van der Waals surface area contributed by atoms with Crippen molar-refractivity contribution in [1.82, 2.24) is 4.90 Å². The quantitative estimate of drug-likeness (QED) is 0.942. The second kappa shape index (κ2) is 5.26. The summed E-state index contributed by atoms with van der Waals surface area (Å²) < 4.78 is 19.1. The number of carbonyl (C=O) groups is 1. The lowest BCUT2D eigenvalue weighted by atomic mass is 10.0. The zero-order valence-corrected chi connectivity index (χ0v) is 12.8. The van der Waals surface area contributed by atoms with Gasteiger partial charge in [-0.2, -0.15) is 0 Å². The summed E-state index contributed by atoms with van der Waals surface area (Å²) in [5.74, 6) is -0.216. The molecule has 1 atom stereocenters. The first kappa shape index (κ1) is 14.1. The van der Waals surface area contributed by atoms with Crippen LogP contribution in [-0.2, 0) is 0 Å². The number of amides is 1. The van der Waals surface area contributed by atoms with Crippen LogP contribution in [0.25, 0.3) is 0 Å². The number of hydrogen-bond acceptors (Lipinski definition) is 3. The van der Waals surface area contributed by atoms with Crippen LogP contribution < -0.4 is 10.1 Å². The van der Waals surface area contributed by atoms with Crippen molar-refractivity contribution in [2.75, 3.05) is 12.4 Å². The minimum absolute atomic E-state index is 0.00285. The van der Waals surface area contributed by atoms with Crippen molar-refractivity contribution in [2.24, 2.45) is 0 Å².